The smallest absolute Gasteiger partial charge is 0.0580 e. The largest absolute Gasteiger partial charge is 0.397 e. The molecule has 0 aliphatic rings. The first-order valence-corrected chi connectivity index (χ1v) is 6.61. The molecule has 98 valence electrons. The second kappa shape index (κ2) is 10.1. The lowest BCUT2D eigenvalue weighted by Crippen LogP contribution is -2.16. The average molecular weight is 237 g/mol. The summed E-state index contributed by atoms with van der Waals surface area (Å²) in [7, 11) is 1.74. The van der Waals surface area contributed by atoms with Gasteiger partial charge in [0, 0.05) is 19.8 Å². The number of hydrogen-bond acceptors (Lipinski definition) is 3. The molecule has 0 bridgehead atoms. The molecule has 0 heterocycles. The van der Waals surface area contributed by atoms with Gasteiger partial charge >= 0.3 is 0 Å². The predicted molar refractivity (Wildman–Crippen MR) is 78.0 cm³/mol. The van der Waals surface area contributed by atoms with Gasteiger partial charge in [-0.2, -0.15) is 0 Å². The quantitative estimate of drug-likeness (QED) is 0.647. The lowest BCUT2D eigenvalue weighted by Gasteiger charge is -2.15. The van der Waals surface area contributed by atoms with Crippen LogP contribution in [-0.4, -0.2) is 25.5 Å². The van der Waals surface area contributed by atoms with Crippen LogP contribution in [0.15, 0.2) is 21.8 Å². The van der Waals surface area contributed by atoms with Gasteiger partial charge in [0.2, 0.25) is 0 Å². The minimum atomic E-state index is 0.691. The molecular weight excluding hydrogens is 210 g/mol. The first-order valence-electron chi connectivity index (χ1n) is 6.61. The van der Waals surface area contributed by atoms with E-state index < -0.39 is 0 Å². The Hall–Kier alpha value is -1.12. The van der Waals surface area contributed by atoms with Crippen LogP contribution in [0.5, 0.6) is 0 Å². The van der Waals surface area contributed by atoms with Crippen LogP contribution in [0, 0.1) is 5.92 Å². The summed E-state index contributed by atoms with van der Waals surface area (Å²) in [6, 6.07) is 0. The minimum Gasteiger partial charge on any atom is -0.397 e. The Labute approximate surface area is 106 Å². The van der Waals surface area contributed by atoms with Gasteiger partial charge in [-0.1, -0.05) is 33.1 Å². The second-order valence-corrected chi connectivity index (χ2v) is 4.22. The zero-order valence-electron chi connectivity index (χ0n) is 11.7. The zero-order chi connectivity index (χ0) is 13.1. The van der Waals surface area contributed by atoms with Crippen molar-refractivity contribution in [2.24, 2.45) is 21.6 Å². The van der Waals surface area contributed by atoms with E-state index in [0.29, 0.717) is 5.92 Å². The lowest BCUT2D eigenvalue weighted by atomic mass is 9.93. The van der Waals surface area contributed by atoms with Crippen molar-refractivity contribution >= 4 is 11.9 Å². The minimum absolute atomic E-state index is 0.691. The molecule has 1 unspecified atom stereocenters. The van der Waals surface area contributed by atoms with Crippen LogP contribution < -0.4 is 5.73 Å². The van der Waals surface area contributed by atoms with Gasteiger partial charge in [0.05, 0.1) is 11.4 Å². The molecule has 0 rings (SSSR count). The highest BCUT2D eigenvalue weighted by Gasteiger charge is 2.11. The van der Waals surface area contributed by atoms with Crippen LogP contribution in [-0.2, 0) is 0 Å². The summed E-state index contributed by atoms with van der Waals surface area (Å²) in [5, 5.41) is 0. The monoisotopic (exact) mass is 237 g/mol. The number of hydrogen-bond donors (Lipinski definition) is 1. The van der Waals surface area contributed by atoms with Crippen molar-refractivity contribution in [3.8, 4) is 0 Å². The van der Waals surface area contributed by atoms with Gasteiger partial charge in [-0.15, -0.1) is 0 Å². The topological polar surface area (TPSA) is 50.7 Å². The first kappa shape index (κ1) is 15.9. The van der Waals surface area contributed by atoms with Gasteiger partial charge in [0.25, 0.3) is 0 Å². The highest BCUT2D eigenvalue weighted by molar-refractivity contribution is 6.02. The van der Waals surface area contributed by atoms with Crippen molar-refractivity contribution in [1.82, 2.24) is 0 Å². The molecule has 3 nitrogen and oxygen atoms in total. The summed E-state index contributed by atoms with van der Waals surface area (Å²) in [6.07, 6.45) is 8.20. The van der Waals surface area contributed by atoms with Crippen molar-refractivity contribution in [1.29, 1.82) is 0 Å². The molecule has 0 amide bonds. The van der Waals surface area contributed by atoms with E-state index in [0.717, 1.165) is 24.4 Å². The summed E-state index contributed by atoms with van der Waals surface area (Å²) in [5.41, 5.74) is 7.82. The fourth-order valence-corrected chi connectivity index (χ4v) is 1.85. The molecule has 0 fully saturated rings. The standard InChI is InChI=1S/C14H27N3/c1-5-8-12(6-2)11-14(17-7-3)13(15)9-10-16-4/h9-10,12H,5-8,11,15H2,1-4H3. The van der Waals surface area contributed by atoms with Gasteiger partial charge in [-0.05, 0) is 25.3 Å². The molecule has 0 aromatic heterocycles. The van der Waals surface area contributed by atoms with Crippen LogP contribution in [0.1, 0.15) is 46.5 Å². The molecule has 0 aliphatic heterocycles. The first-order chi connectivity index (χ1) is 8.19. The second-order valence-electron chi connectivity index (χ2n) is 4.22. The van der Waals surface area contributed by atoms with E-state index in [1.807, 2.05) is 13.0 Å². The maximum atomic E-state index is 6.03. The summed E-state index contributed by atoms with van der Waals surface area (Å²) in [6.45, 7) is 7.29. The molecule has 0 saturated heterocycles. The molecule has 2 N–H and O–H groups in total. The van der Waals surface area contributed by atoms with Crippen molar-refractivity contribution in [3.05, 3.63) is 11.8 Å². The lowest BCUT2D eigenvalue weighted by molar-refractivity contribution is 0.480. The zero-order valence-corrected chi connectivity index (χ0v) is 11.7. The van der Waals surface area contributed by atoms with Gasteiger partial charge < -0.3 is 5.73 Å². The highest BCUT2D eigenvalue weighted by Crippen LogP contribution is 2.17. The number of rotatable bonds is 8. The molecule has 3 heteroatoms. The molecule has 0 aromatic rings. The molecule has 0 aliphatic carbocycles. The summed E-state index contributed by atoms with van der Waals surface area (Å²) in [5.74, 6) is 0.691. The molecule has 0 aromatic carbocycles. The third-order valence-electron chi connectivity index (χ3n) is 2.84. The summed E-state index contributed by atoms with van der Waals surface area (Å²) < 4.78 is 0. The number of nitrogens with zero attached hydrogens (tertiary/aromatic N) is 2. The number of allylic oxidation sites excluding steroid dienone is 2. The van der Waals surface area contributed by atoms with Crippen LogP contribution in [0.2, 0.25) is 0 Å². The Bertz CT molecular complexity index is 277. The maximum absolute atomic E-state index is 6.03. The molecular formula is C14H27N3. The number of aliphatic imine (C=N–C) groups is 2. The van der Waals surface area contributed by atoms with Gasteiger partial charge in [0.15, 0.2) is 0 Å². The van der Waals surface area contributed by atoms with Gasteiger partial charge in [0.1, 0.15) is 0 Å². The van der Waals surface area contributed by atoms with Gasteiger partial charge in [-0.25, -0.2) is 0 Å². The van der Waals surface area contributed by atoms with E-state index in [4.69, 9.17) is 5.73 Å². The summed E-state index contributed by atoms with van der Waals surface area (Å²) in [4.78, 5) is 8.43. The molecule has 1 atom stereocenters. The van der Waals surface area contributed by atoms with E-state index in [1.54, 1.807) is 13.3 Å². The van der Waals surface area contributed by atoms with Crippen LogP contribution in [0.3, 0.4) is 0 Å². The van der Waals surface area contributed by atoms with E-state index >= 15 is 0 Å². The Morgan fingerprint density at radius 1 is 1.29 bits per heavy atom. The molecule has 0 saturated carbocycles. The Morgan fingerprint density at radius 2 is 2.00 bits per heavy atom. The fraction of sp³-hybridized carbons (Fsp3) is 0.714. The van der Waals surface area contributed by atoms with E-state index in [1.165, 1.54) is 19.3 Å². The van der Waals surface area contributed by atoms with E-state index in [-0.39, 0.29) is 0 Å². The molecule has 0 spiro atoms. The third kappa shape index (κ3) is 6.93. The predicted octanol–water partition coefficient (Wildman–Crippen LogP) is 3.21. The summed E-state index contributed by atoms with van der Waals surface area (Å²) >= 11 is 0. The van der Waals surface area contributed by atoms with Crippen molar-refractivity contribution < 1.29 is 0 Å². The Morgan fingerprint density at radius 3 is 2.47 bits per heavy atom. The maximum Gasteiger partial charge on any atom is 0.0580 e. The van der Waals surface area contributed by atoms with Crippen LogP contribution in [0.25, 0.3) is 0 Å². The van der Waals surface area contributed by atoms with E-state index in [2.05, 4.69) is 23.8 Å². The van der Waals surface area contributed by atoms with Crippen LogP contribution >= 0.6 is 0 Å². The Balaban J connectivity index is 4.68. The highest BCUT2D eigenvalue weighted by atomic mass is 14.8. The SMILES string of the molecule is CCCC(CC)CC(=NCC)C(N)=CC=NC. The normalized spacial score (nSPS) is 15.5. The molecule has 0 radical (unpaired) electrons. The van der Waals surface area contributed by atoms with E-state index in [9.17, 15) is 0 Å². The van der Waals surface area contributed by atoms with Crippen molar-refractivity contribution in [3.63, 3.8) is 0 Å². The van der Waals surface area contributed by atoms with Crippen molar-refractivity contribution in [2.75, 3.05) is 13.6 Å². The van der Waals surface area contributed by atoms with Crippen molar-refractivity contribution in [2.45, 2.75) is 46.5 Å². The third-order valence-corrected chi connectivity index (χ3v) is 2.84. The average Bonchev–Trinajstić information content (AvgIpc) is 2.34. The Kier molecular flexibility index (Phi) is 9.40. The van der Waals surface area contributed by atoms with Gasteiger partial charge in [-0.3, -0.25) is 9.98 Å². The molecule has 17 heavy (non-hydrogen) atoms. The fourth-order valence-electron chi connectivity index (χ4n) is 1.85. The van der Waals surface area contributed by atoms with Crippen LogP contribution in [0.4, 0.5) is 0 Å². The number of nitrogens with two attached hydrogens (primary N) is 1.